The van der Waals surface area contributed by atoms with E-state index in [1.807, 2.05) is 30.3 Å². The van der Waals surface area contributed by atoms with Gasteiger partial charge in [-0.25, -0.2) is 9.78 Å². The fraction of sp³-hybridized carbons (Fsp3) is 0.176. The van der Waals surface area contributed by atoms with Crippen LogP contribution in [0.15, 0.2) is 42.7 Å². The highest BCUT2D eigenvalue weighted by Gasteiger charge is 2.31. The van der Waals surface area contributed by atoms with Crippen LogP contribution in [0.2, 0.25) is 0 Å². The lowest BCUT2D eigenvalue weighted by Gasteiger charge is -2.26. The second-order valence-electron chi connectivity index (χ2n) is 4.85. The summed E-state index contributed by atoms with van der Waals surface area (Å²) in [7, 11) is 0. The van der Waals surface area contributed by atoms with Gasteiger partial charge in [0.2, 0.25) is 0 Å². The maximum Gasteiger partial charge on any atom is 0.415 e. The van der Waals surface area contributed by atoms with Crippen LogP contribution in [0.4, 0.5) is 4.79 Å². The molecule has 1 atom stereocenters. The van der Waals surface area contributed by atoms with E-state index in [9.17, 15) is 10.1 Å². The van der Waals surface area contributed by atoms with Gasteiger partial charge in [0.15, 0.2) is 6.04 Å². The van der Waals surface area contributed by atoms with E-state index in [0.29, 0.717) is 11.4 Å². The normalized spacial score (nSPS) is 15.7. The second kappa shape index (κ2) is 6.28. The van der Waals surface area contributed by atoms with Gasteiger partial charge in [0.05, 0.1) is 30.3 Å². The molecule has 0 N–H and O–H groups in total. The fourth-order valence-electron chi connectivity index (χ4n) is 2.35. The van der Waals surface area contributed by atoms with Crippen LogP contribution in [0.3, 0.4) is 0 Å². The third-order valence-corrected chi connectivity index (χ3v) is 3.43. The lowest BCUT2D eigenvalue weighted by Crippen LogP contribution is -2.33. The van der Waals surface area contributed by atoms with E-state index < -0.39 is 12.1 Å². The van der Waals surface area contributed by atoms with Crippen LogP contribution in [0.25, 0.3) is 17.3 Å². The van der Waals surface area contributed by atoms with Crippen molar-refractivity contribution in [3.63, 3.8) is 0 Å². The summed E-state index contributed by atoms with van der Waals surface area (Å²) in [5.74, 6) is 0. The van der Waals surface area contributed by atoms with Gasteiger partial charge in [-0.2, -0.15) is 5.26 Å². The van der Waals surface area contributed by atoms with Crippen LogP contribution in [-0.4, -0.2) is 27.6 Å². The molecule has 23 heavy (non-hydrogen) atoms. The van der Waals surface area contributed by atoms with Crippen molar-refractivity contribution in [1.29, 1.82) is 5.26 Å². The van der Waals surface area contributed by atoms with Gasteiger partial charge in [0.25, 0.3) is 0 Å². The highest BCUT2D eigenvalue weighted by Crippen LogP contribution is 2.29. The summed E-state index contributed by atoms with van der Waals surface area (Å²) in [5.41, 5.74) is 2.69. The summed E-state index contributed by atoms with van der Waals surface area (Å²) >= 11 is 0. The molecule has 6 nitrogen and oxygen atoms in total. The van der Waals surface area contributed by atoms with Gasteiger partial charge >= 0.3 is 6.09 Å². The van der Waals surface area contributed by atoms with Gasteiger partial charge in [0.1, 0.15) is 5.69 Å². The Morgan fingerprint density at radius 1 is 1.39 bits per heavy atom. The molecule has 2 heterocycles. The molecule has 114 valence electrons. The van der Waals surface area contributed by atoms with Gasteiger partial charge in [-0.05, 0) is 13.0 Å². The highest BCUT2D eigenvalue weighted by molar-refractivity contribution is 5.74. The molecule has 0 saturated carbocycles. The topological polar surface area (TPSA) is 79.1 Å². The van der Waals surface area contributed by atoms with E-state index in [-0.39, 0.29) is 6.61 Å². The molecule has 1 aliphatic rings. The lowest BCUT2D eigenvalue weighted by atomic mass is 10.1. The van der Waals surface area contributed by atoms with E-state index >= 15 is 0 Å². The standard InChI is InChI=1S/C17H14N4O2/c1-2-23-17(22)21-9-8-13-16(15(21)10-18)19-11-14(20-13)12-6-4-3-5-7-12/h3-9,11,15H,2H2,1H3. The number of hydrogen-bond acceptors (Lipinski definition) is 5. The lowest BCUT2D eigenvalue weighted by molar-refractivity contribution is 0.115. The molecule has 6 heteroatoms. The van der Waals surface area contributed by atoms with Crippen molar-refractivity contribution in [2.75, 3.05) is 6.61 Å². The number of nitriles is 1. The number of ether oxygens (including phenoxy) is 1. The molecule has 1 unspecified atom stereocenters. The molecule has 0 bridgehead atoms. The summed E-state index contributed by atoms with van der Waals surface area (Å²) in [6, 6.07) is 10.9. The minimum absolute atomic E-state index is 0.243. The second-order valence-corrected chi connectivity index (χ2v) is 4.85. The molecule has 2 aromatic rings. The highest BCUT2D eigenvalue weighted by atomic mass is 16.6. The zero-order valence-electron chi connectivity index (χ0n) is 12.5. The van der Waals surface area contributed by atoms with Crippen LogP contribution in [0.5, 0.6) is 0 Å². The van der Waals surface area contributed by atoms with Gasteiger partial charge in [0, 0.05) is 11.8 Å². The van der Waals surface area contributed by atoms with Gasteiger partial charge in [-0.1, -0.05) is 30.3 Å². The third-order valence-electron chi connectivity index (χ3n) is 3.43. The molecule has 0 aliphatic carbocycles. The number of benzene rings is 1. The average molecular weight is 306 g/mol. The third kappa shape index (κ3) is 2.77. The molecule has 1 amide bonds. The predicted octanol–water partition coefficient (Wildman–Crippen LogP) is 3.15. The van der Waals surface area contributed by atoms with Crippen LogP contribution in [-0.2, 0) is 4.74 Å². The molecular formula is C17H14N4O2. The Bertz CT molecular complexity index is 796. The zero-order valence-corrected chi connectivity index (χ0v) is 12.5. The fourth-order valence-corrected chi connectivity index (χ4v) is 2.35. The SMILES string of the molecule is CCOC(=O)N1C=Cc2nc(-c3ccccc3)cnc2C1C#N. The Morgan fingerprint density at radius 3 is 2.87 bits per heavy atom. The van der Waals surface area contributed by atoms with Crippen molar-refractivity contribution < 1.29 is 9.53 Å². The number of carbonyl (C=O) groups is 1. The monoisotopic (exact) mass is 306 g/mol. The van der Waals surface area contributed by atoms with E-state index in [2.05, 4.69) is 16.0 Å². The van der Waals surface area contributed by atoms with Crippen LogP contribution < -0.4 is 0 Å². The summed E-state index contributed by atoms with van der Waals surface area (Å²) in [6.07, 6.45) is 4.22. The summed E-state index contributed by atoms with van der Waals surface area (Å²) in [4.78, 5) is 22.0. The molecule has 0 saturated heterocycles. The largest absolute Gasteiger partial charge is 0.449 e. The molecule has 3 rings (SSSR count). The first-order chi connectivity index (χ1) is 11.2. The maximum atomic E-state index is 11.9. The van der Waals surface area contributed by atoms with Crippen molar-refractivity contribution in [3.8, 4) is 17.3 Å². The Hall–Kier alpha value is -3.20. The molecule has 0 radical (unpaired) electrons. The van der Waals surface area contributed by atoms with E-state index in [1.54, 1.807) is 19.2 Å². The van der Waals surface area contributed by atoms with Gasteiger partial charge < -0.3 is 4.74 Å². The molecule has 1 aliphatic heterocycles. The van der Waals surface area contributed by atoms with Gasteiger partial charge in [-0.15, -0.1) is 0 Å². The Morgan fingerprint density at radius 2 is 2.17 bits per heavy atom. The maximum absolute atomic E-state index is 11.9. The summed E-state index contributed by atoms with van der Waals surface area (Å²) in [6.45, 7) is 1.96. The minimum atomic E-state index is -0.841. The van der Waals surface area contributed by atoms with Crippen molar-refractivity contribution in [2.24, 2.45) is 0 Å². The zero-order chi connectivity index (χ0) is 16.2. The van der Waals surface area contributed by atoms with Crippen molar-refractivity contribution >= 4 is 12.2 Å². The minimum Gasteiger partial charge on any atom is -0.449 e. The molecule has 1 aromatic heterocycles. The smallest absolute Gasteiger partial charge is 0.415 e. The predicted molar refractivity (Wildman–Crippen MR) is 83.7 cm³/mol. The number of amides is 1. The Balaban J connectivity index is 1.98. The Kier molecular flexibility index (Phi) is 4.02. The molecule has 0 spiro atoms. The molecule has 1 aromatic carbocycles. The van der Waals surface area contributed by atoms with E-state index in [0.717, 1.165) is 11.3 Å². The van der Waals surface area contributed by atoms with Gasteiger partial charge in [-0.3, -0.25) is 9.88 Å². The number of aromatic nitrogens is 2. The number of carbonyl (C=O) groups excluding carboxylic acids is 1. The number of hydrogen-bond donors (Lipinski definition) is 0. The van der Waals surface area contributed by atoms with E-state index in [4.69, 9.17) is 4.74 Å². The first kappa shape index (κ1) is 14.7. The summed E-state index contributed by atoms with van der Waals surface area (Å²) < 4.78 is 4.96. The van der Waals surface area contributed by atoms with Crippen LogP contribution in [0.1, 0.15) is 24.4 Å². The van der Waals surface area contributed by atoms with Crippen molar-refractivity contribution in [2.45, 2.75) is 13.0 Å². The Labute approximate surface area is 133 Å². The van der Waals surface area contributed by atoms with Crippen molar-refractivity contribution in [3.05, 3.63) is 54.1 Å². The molecule has 0 fully saturated rings. The first-order valence-electron chi connectivity index (χ1n) is 7.20. The number of nitrogens with zero attached hydrogens (tertiary/aromatic N) is 4. The molecular weight excluding hydrogens is 292 g/mol. The summed E-state index contributed by atoms with van der Waals surface area (Å²) in [5, 5.41) is 9.41. The van der Waals surface area contributed by atoms with Crippen molar-refractivity contribution in [1.82, 2.24) is 14.9 Å². The quantitative estimate of drug-likeness (QED) is 0.851. The first-order valence-corrected chi connectivity index (χ1v) is 7.20. The number of rotatable bonds is 2. The number of fused-ring (bicyclic) bond motifs is 1. The van der Waals surface area contributed by atoms with E-state index in [1.165, 1.54) is 11.1 Å². The van der Waals surface area contributed by atoms with Crippen LogP contribution >= 0.6 is 0 Å². The average Bonchev–Trinajstić information content (AvgIpc) is 2.61. The van der Waals surface area contributed by atoms with Crippen LogP contribution in [0, 0.1) is 11.3 Å².